The highest BCUT2D eigenvalue weighted by Gasteiger charge is 2.15. The highest BCUT2D eigenvalue weighted by molar-refractivity contribution is 5.72. The molecule has 0 amide bonds. The fourth-order valence-corrected chi connectivity index (χ4v) is 1.98. The van der Waals surface area contributed by atoms with Crippen molar-refractivity contribution in [3.63, 3.8) is 0 Å². The molecule has 1 saturated heterocycles. The Morgan fingerprint density at radius 3 is 3.19 bits per heavy atom. The second-order valence-corrected chi connectivity index (χ2v) is 4.05. The van der Waals surface area contributed by atoms with Crippen LogP contribution in [0.4, 0.5) is 0 Å². The Hall–Kier alpha value is -1.55. The van der Waals surface area contributed by atoms with Crippen molar-refractivity contribution >= 4 is 11.1 Å². The van der Waals surface area contributed by atoms with Gasteiger partial charge < -0.3 is 14.5 Å². The van der Waals surface area contributed by atoms with Gasteiger partial charge in [0.25, 0.3) is 0 Å². The summed E-state index contributed by atoms with van der Waals surface area (Å²) in [6.07, 6.45) is 2.76. The van der Waals surface area contributed by atoms with E-state index >= 15 is 0 Å². The molecule has 4 heteroatoms. The molecule has 1 atom stereocenters. The Bertz CT molecular complexity index is 442. The quantitative estimate of drug-likeness (QED) is 0.855. The van der Waals surface area contributed by atoms with Crippen molar-refractivity contribution in [3.8, 4) is 6.08 Å². The molecule has 1 aromatic carbocycles. The number of ether oxygens (including phenoxy) is 1. The molecule has 1 aliphatic heterocycles. The van der Waals surface area contributed by atoms with E-state index in [2.05, 4.69) is 10.3 Å². The van der Waals surface area contributed by atoms with Crippen molar-refractivity contribution in [3.05, 3.63) is 24.3 Å². The minimum Gasteiger partial charge on any atom is -0.449 e. The van der Waals surface area contributed by atoms with Gasteiger partial charge in [-0.3, -0.25) is 0 Å². The van der Waals surface area contributed by atoms with E-state index in [1.54, 1.807) is 0 Å². The molecule has 2 aromatic rings. The third kappa shape index (κ3) is 1.88. The van der Waals surface area contributed by atoms with Gasteiger partial charge >= 0.3 is 6.08 Å². The summed E-state index contributed by atoms with van der Waals surface area (Å²) in [5.41, 5.74) is 1.62. The molecule has 1 fully saturated rings. The molecule has 0 aliphatic carbocycles. The number of fused-ring (bicyclic) bond motifs is 1. The van der Waals surface area contributed by atoms with Gasteiger partial charge in [-0.05, 0) is 31.5 Å². The zero-order valence-electron chi connectivity index (χ0n) is 8.98. The van der Waals surface area contributed by atoms with E-state index in [-0.39, 0.29) is 0 Å². The Morgan fingerprint density at radius 2 is 2.38 bits per heavy atom. The van der Waals surface area contributed by atoms with E-state index in [9.17, 15) is 0 Å². The van der Waals surface area contributed by atoms with Gasteiger partial charge in [-0.2, -0.15) is 4.98 Å². The van der Waals surface area contributed by atoms with Crippen LogP contribution in [0.25, 0.3) is 11.1 Å². The number of nitrogens with zero attached hydrogens (tertiary/aromatic N) is 1. The van der Waals surface area contributed by atoms with Crippen LogP contribution in [0.5, 0.6) is 6.08 Å². The summed E-state index contributed by atoms with van der Waals surface area (Å²) in [6.45, 7) is 1.72. The Kier molecular flexibility index (Phi) is 2.50. The van der Waals surface area contributed by atoms with Crippen LogP contribution in [0.1, 0.15) is 12.8 Å². The van der Waals surface area contributed by atoms with Crippen LogP contribution < -0.4 is 10.1 Å². The van der Waals surface area contributed by atoms with Crippen molar-refractivity contribution < 1.29 is 9.15 Å². The fourth-order valence-electron chi connectivity index (χ4n) is 1.98. The number of para-hydroxylation sites is 2. The zero-order valence-corrected chi connectivity index (χ0v) is 8.98. The Balaban J connectivity index is 1.69. The second-order valence-electron chi connectivity index (χ2n) is 4.05. The maximum Gasteiger partial charge on any atom is 0.394 e. The first-order valence-electron chi connectivity index (χ1n) is 5.63. The van der Waals surface area contributed by atoms with Crippen LogP contribution in [0.2, 0.25) is 0 Å². The van der Waals surface area contributed by atoms with Crippen LogP contribution in [0.3, 0.4) is 0 Å². The summed E-state index contributed by atoms with van der Waals surface area (Å²) in [5.74, 6) is 0. The highest BCUT2D eigenvalue weighted by Crippen LogP contribution is 2.20. The van der Waals surface area contributed by atoms with Crippen LogP contribution in [-0.4, -0.2) is 24.2 Å². The maximum absolute atomic E-state index is 5.53. The normalized spacial score (nSPS) is 20.4. The number of rotatable bonds is 3. The zero-order chi connectivity index (χ0) is 10.8. The summed E-state index contributed by atoms with van der Waals surface area (Å²) in [5, 5.41) is 3.37. The molecule has 1 aromatic heterocycles. The first kappa shape index (κ1) is 9.66. The number of nitrogens with one attached hydrogen (secondary N) is 1. The lowest BCUT2D eigenvalue weighted by Crippen LogP contribution is -2.28. The number of hydrogen-bond donors (Lipinski definition) is 1. The van der Waals surface area contributed by atoms with Gasteiger partial charge in [-0.1, -0.05) is 12.1 Å². The number of aromatic nitrogens is 1. The minimum atomic E-state index is 0.370. The molecular weight excluding hydrogens is 204 g/mol. The smallest absolute Gasteiger partial charge is 0.394 e. The fraction of sp³-hybridized carbons (Fsp3) is 0.417. The number of benzene rings is 1. The first-order valence-corrected chi connectivity index (χ1v) is 5.63. The average molecular weight is 218 g/mol. The minimum absolute atomic E-state index is 0.370. The molecule has 3 rings (SSSR count). The average Bonchev–Trinajstić information content (AvgIpc) is 2.95. The summed E-state index contributed by atoms with van der Waals surface area (Å²) < 4.78 is 11.0. The van der Waals surface area contributed by atoms with Gasteiger partial charge in [0.15, 0.2) is 5.58 Å². The largest absolute Gasteiger partial charge is 0.449 e. The summed E-state index contributed by atoms with van der Waals surface area (Å²) >= 11 is 0. The van der Waals surface area contributed by atoms with Crippen molar-refractivity contribution in [2.75, 3.05) is 13.2 Å². The monoisotopic (exact) mass is 218 g/mol. The topological polar surface area (TPSA) is 47.3 Å². The van der Waals surface area contributed by atoms with E-state index in [1.807, 2.05) is 24.3 Å². The lowest BCUT2D eigenvalue weighted by Gasteiger charge is -2.08. The van der Waals surface area contributed by atoms with Crippen LogP contribution in [0.15, 0.2) is 28.7 Å². The van der Waals surface area contributed by atoms with Crippen LogP contribution in [0, 0.1) is 0 Å². The van der Waals surface area contributed by atoms with Crippen molar-refractivity contribution in [2.24, 2.45) is 0 Å². The molecule has 16 heavy (non-hydrogen) atoms. The molecule has 2 heterocycles. The van der Waals surface area contributed by atoms with Crippen LogP contribution >= 0.6 is 0 Å². The lowest BCUT2D eigenvalue weighted by atomic mass is 10.2. The van der Waals surface area contributed by atoms with Crippen LogP contribution in [-0.2, 0) is 0 Å². The summed E-state index contributed by atoms with van der Waals surface area (Å²) in [7, 11) is 0. The Morgan fingerprint density at radius 1 is 1.44 bits per heavy atom. The molecule has 4 nitrogen and oxygen atoms in total. The molecule has 84 valence electrons. The Labute approximate surface area is 93.6 Å². The van der Waals surface area contributed by atoms with Crippen molar-refractivity contribution in [1.29, 1.82) is 0 Å². The first-order chi connectivity index (χ1) is 7.92. The van der Waals surface area contributed by atoms with Gasteiger partial charge in [0, 0.05) is 6.04 Å². The number of oxazole rings is 1. The highest BCUT2D eigenvalue weighted by atomic mass is 16.6. The predicted octanol–water partition coefficient (Wildman–Crippen LogP) is 1.96. The van der Waals surface area contributed by atoms with E-state index in [0.717, 1.165) is 17.6 Å². The SMILES string of the molecule is c1ccc2oc(OC[C@H]3CCCN3)nc2c1. The summed E-state index contributed by atoms with van der Waals surface area (Å²) in [6, 6.07) is 8.11. The maximum atomic E-state index is 5.53. The van der Waals surface area contributed by atoms with Gasteiger partial charge in [-0.15, -0.1) is 0 Å². The molecule has 0 bridgehead atoms. The number of hydrogen-bond acceptors (Lipinski definition) is 4. The van der Waals surface area contributed by atoms with Gasteiger partial charge in [-0.25, -0.2) is 0 Å². The molecule has 1 aliphatic rings. The van der Waals surface area contributed by atoms with Crippen molar-refractivity contribution in [2.45, 2.75) is 18.9 Å². The van der Waals surface area contributed by atoms with E-state index in [4.69, 9.17) is 9.15 Å². The van der Waals surface area contributed by atoms with Crippen molar-refractivity contribution in [1.82, 2.24) is 10.3 Å². The lowest BCUT2D eigenvalue weighted by molar-refractivity contribution is 0.212. The summed E-state index contributed by atoms with van der Waals surface area (Å²) in [4.78, 5) is 4.26. The molecule has 0 saturated carbocycles. The molecular formula is C12H14N2O2. The molecule has 0 spiro atoms. The predicted molar refractivity (Wildman–Crippen MR) is 60.5 cm³/mol. The van der Waals surface area contributed by atoms with E-state index in [0.29, 0.717) is 18.7 Å². The molecule has 0 unspecified atom stereocenters. The van der Waals surface area contributed by atoms with Gasteiger partial charge in [0.2, 0.25) is 0 Å². The van der Waals surface area contributed by atoms with E-state index in [1.165, 1.54) is 12.8 Å². The standard InChI is InChI=1S/C12H14N2O2/c1-2-6-11-10(5-1)14-12(16-11)15-8-9-4-3-7-13-9/h1-2,5-6,9,13H,3-4,7-8H2/t9-/m1/s1. The third-order valence-corrected chi connectivity index (χ3v) is 2.84. The van der Waals surface area contributed by atoms with Gasteiger partial charge in [0.05, 0.1) is 0 Å². The third-order valence-electron chi connectivity index (χ3n) is 2.84. The molecule has 0 radical (unpaired) electrons. The van der Waals surface area contributed by atoms with E-state index < -0.39 is 0 Å². The van der Waals surface area contributed by atoms with Gasteiger partial charge in [0.1, 0.15) is 12.1 Å². The second kappa shape index (κ2) is 4.14. The molecule has 1 N–H and O–H groups in total.